The van der Waals surface area contributed by atoms with Crippen LogP contribution >= 0.6 is 0 Å². The van der Waals surface area contributed by atoms with Crippen LogP contribution in [0.25, 0.3) is 10.8 Å². The van der Waals surface area contributed by atoms with E-state index >= 15 is 0 Å². The minimum Gasteiger partial charge on any atom is -0.350 e. The lowest BCUT2D eigenvalue weighted by Crippen LogP contribution is -2.45. The van der Waals surface area contributed by atoms with Crippen LogP contribution in [0.5, 0.6) is 0 Å². The molecule has 254 valence electrons. The van der Waals surface area contributed by atoms with Crippen LogP contribution in [0.3, 0.4) is 0 Å². The van der Waals surface area contributed by atoms with Crippen LogP contribution < -0.4 is 10.6 Å². The maximum absolute atomic E-state index is 13.3. The van der Waals surface area contributed by atoms with Gasteiger partial charge in [-0.05, 0) is 87.5 Å². The van der Waals surface area contributed by atoms with E-state index in [9.17, 15) is 19.2 Å². The lowest BCUT2D eigenvalue weighted by molar-refractivity contribution is -0.133. The molecule has 0 radical (unpaired) electrons. The molecule has 2 atom stereocenters. The number of rotatable bonds is 9. The van der Waals surface area contributed by atoms with Gasteiger partial charge in [-0.15, -0.1) is 0 Å². The van der Waals surface area contributed by atoms with Gasteiger partial charge in [0.05, 0.1) is 12.6 Å². The number of anilines is 1. The van der Waals surface area contributed by atoms with E-state index in [1.165, 1.54) is 37.3 Å². The normalized spacial score (nSPS) is 17.4. The molecule has 0 saturated carbocycles. The van der Waals surface area contributed by atoms with Crippen molar-refractivity contribution in [2.75, 3.05) is 45.6 Å². The largest absolute Gasteiger partial charge is 0.350 e. The van der Waals surface area contributed by atoms with Gasteiger partial charge in [-0.25, -0.2) is 0 Å². The quantitative estimate of drug-likeness (QED) is 0.272. The van der Waals surface area contributed by atoms with Gasteiger partial charge >= 0.3 is 0 Å². The summed E-state index contributed by atoms with van der Waals surface area (Å²) in [6, 6.07) is 12.8. The number of amides is 4. The Hall–Kier alpha value is -3.72. The Labute approximate surface area is 276 Å². The van der Waals surface area contributed by atoms with E-state index in [0.717, 1.165) is 23.1 Å². The van der Waals surface area contributed by atoms with E-state index in [0.29, 0.717) is 30.6 Å². The molecule has 0 unspecified atom stereocenters. The number of likely N-dealkylation sites (tertiary alicyclic amines) is 2. The molecule has 2 saturated heterocycles. The molecule has 2 aromatic carbocycles. The molecule has 46 heavy (non-hydrogen) atoms. The topological polar surface area (TPSA) is 102 Å². The second kappa shape index (κ2) is 19.7. The van der Waals surface area contributed by atoms with E-state index in [2.05, 4.69) is 43.4 Å². The number of likely N-dealkylation sites (N-methyl/N-ethyl adjacent to an activating group) is 1. The number of benzene rings is 2. The number of piperidine rings is 1. The first-order valence-electron chi connectivity index (χ1n) is 16.8. The Kier molecular flexibility index (Phi) is 16.5. The first-order chi connectivity index (χ1) is 21.8. The summed E-state index contributed by atoms with van der Waals surface area (Å²) in [6.07, 6.45) is 7.89. The molecule has 0 spiro atoms. The average molecular weight is 636 g/mol. The maximum Gasteiger partial charge on any atom is 0.249 e. The predicted octanol–water partition coefficient (Wildman–Crippen LogP) is 5.71. The van der Waals surface area contributed by atoms with Crippen molar-refractivity contribution in [2.24, 2.45) is 11.8 Å². The molecule has 2 fully saturated rings. The molecule has 2 aliphatic rings. The summed E-state index contributed by atoms with van der Waals surface area (Å²) < 4.78 is 0. The zero-order valence-corrected chi connectivity index (χ0v) is 29.3. The van der Waals surface area contributed by atoms with Gasteiger partial charge in [0.1, 0.15) is 6.04 Å². The average Bonchev–Trinajstić information content (AvgIpc) is 3.52. The smallest absolute Gasteiger partial charge is 0.249 e. The Bertz CT molecular complexity index is 1300. The van der Waals surface area contributed by atoms with E-state index in [-0.39, 0.29) is 36.2 Å². The summed E-state index contributed by atoms with van der Waals surface area (Å²) in [5.74, 6) is 0.222. The molecule has 2 aliphatic heterocycles. The van der Waals surface area contributed by atoms with Gasteiger partial charge in [-0.3, -0.25) is 19.2 Å². The van der Waals surface area contributed by atoms with Crippen LogP contribution in [0.1, 0.15) is 73.6 Å². The lowest BCUT2D eigenvalue weighted by atomic mass is 9.99. The summed E-state index contributed by atoms with van der Waals surface area (Å²) in [7, 11) is 3.85. The standard InChI is InChI=1S/C27H34N4O4.C6H13N.C4H10/c1-18(2)24(30(4)25(33)16-28-17-32)14-19(3)27(35)31-13-7-10-23(31)26(34)29-22-12-11-20-8-5-6-9-21(20)15-22;1-7-5-3-2-4-6-7;1-4(2)3/h5-6,8-9,11-12,14-15,17-18,23-24H,7,10,13,16H2,1-4H3,(H,28,32)(H,29,34);2-6H2,1H3;4H,1-3H3/b19-14+;;/t23-,24+;;/m0../s1. The van der Waals surface area contributed by atoms with E-state index in [4.69, 9.17) is 0 Å². The summed E-state index contributed by atoms with van der Waals surface area (Å²) in [5, 5.41) is 7.47. The summed E-state index contributed by atoms with van der Waals surface area (Å²) in [4.78, 5) is 54.9. The lowest BCUT2D eigenvalue weighted by Gasteiger charge is -2.30. The fraction of sp³-hybridized carbons (Fsp3) is 0.568. The van der Waals surface area contributed by atoms with Gasteiger partial charge in [0.2, 0.25) is 24.1 Å². The highest BCUT2D eigenvalue weighted by Gasteiger charge is 2.35. The number of nitrogens with one attached hydrogen (secondary N) is 2. The van der Waals surface area contributed by atoms with E-state index in [1.807, 2.05) is 56.3 Å². The number of nitrogens with zero attached hydrogens (tertiary/aromatic N) is 3. The van der Waals surface area contributed by atoms with Crippen molar-refractivity contribution in [3.8, 4) is 0 Å². The highest BCUT2D eigenvalue weighted by Crippen LogP contribution is 2.24. The fourth-order valence-corrected chi connectivity index (χ4v) is 5.55. The fourth-order valence-electron chi connectivity index (χ4n) is 5.55. The summed E-state index contributed by atoms with van der Waals surface area (Å²) >= 11 is 0. The predicted molar refractivity (Wildman–Crippen MR) is 188 cm³/mol. The highest BCUT2D eigenvalue weighted by molar-refractivity contribution is 6.02. The number of hydrogen-bond donors (Lipinski definition) is 2. The minimum absolute atomic E-state index is 0.0495. The third-order valence-electron chi connectivity index (χ3n) is 8.03. The Balaban J connectivity index is 0.000000566. The second-order valence-corrected chi connectivity index (χ2v) is 13.4. The van der Waals surface area contributed by atoms with Crippen molar-refractivity contribution in [2.45, 2.75) is 85.7 Å². The molecule has 2 aromatic rings. The van der Waals surface area contributed by atoms with Crippen LogP contribution in [0, 0.1) is 11.8 Å². The monoisotopic (exact) mass is 635 g/mol. The molecular formula is C37H57N5O4. The van der Waals surface area contributed by atoms with Crippen LogP contribution in [0.2, 0.25) is 0 Å². The van der Waals surface area contributed by atoms with Crippen molar-refractivity contribution in [1.82, 2.24) is 20.0 Å². The first kappa shape index (κ1) is 38.5. The first-order valence-corrected chi connectivity index (χ1v) is 16.8. The number of carbonyl (C=O) groups is 4. The third-order valence-corrected chi connectivity index (χ3v) is 8.03. The molecule has 0 aromatic heterocycles. The number of hydrogen-bond acceptors (Lipinski definition) is 5. The Morgan fingerprint density at radius 3 is 2.13 bits per heavy atom. The number of fused-ring (bicyclic) bond motifs is 1. The van der Waals surface area contributed by atoms with Gasteiger partial charge in [0.25, 0.3) is 0 Å². The van der Waals surface area contributed by atoms with Gasteiger partial charge in [0, 0.05) is 24.9 Å². The van der Waals surface area contributed by atoms with Crippen molar-refractivity contribution in [1.29, 1.82) is 0 Å². The molecule has 4 amide bonds. The van der Waals surface area contributed by atoms with Gasteiger partial charge < -0.3 is 25.3 Å². The van der Waals surface area contributed by atoms with Crippen LogP contribution in [0.4, 0.5) is 5.69 Å². The SMILES string of the molecule is C/C(=C\[C@H](C(C)C)N(C)C(=O)CNC=O)C(=O)N1CCC[C@H]1C(=O)Nc1ccc2ccccc2c1.CC(C)C.CN1CCCCC1. The van der Waals surface area contributed by atoms with Gasteiger partial charge in [-0.1, -0.05) is 77.4 Å². The van der Waals surface area contributed by atoms with Crippen LogP contribution in [-0.2, 0) is 19.2 Å². The van der Waals surface area contributed by atoms with Crippen molar-refractivity contribution >= 4 is 40.6 Å². The summed E-state index contributed by atoms with van der Waals surface area (Å²) in [5.41, 5.74) is 1.18. The van der Waals surface area contributed by atoms with E-state index < -0.39 is 6.04 Å². The van der Waals surface area contributed by atoms with Crippen molar-refractivity contribution in [3.63, 3.8) is 0 Å². The molecule has 0 aliphatic carbocycles. The third kappa shape index (κ3) is 12.6. The van der Waals surface area contributed by atoms with Crippen LogP contribution in [-0.4, -0.2) is 91.2 Å². The highest BCUT2D eigenvalue weighted by atomic mass is 16.2. The minimum atomic E-state index is -0.550. The van der Waals surface area contributed by atoms with Crippen LogP contribution in [0.15, 0.2) is 54.1 Å². The zero-order valence-electron chi connectivity index (χ0n) is 29.3. The Morgan fingerprint density at radius 1 is 0.935 bits per heavy atom. The number of carbonyl (C=O) groups excluding carboxylic acids is 4. The molecule has 0 bridgehead atoms. The maximum atomic E-state index is 13.3. The second-order valence-electron chi connectivity index (χ2n) is 13.4. The Morgan fingerprint density at radius 2 is 1.57 bits per heavy atom. The zero-order chi connectivity index (χ0) is 34.2. The molecule has 2 N–H and O–H groups in total. The van der Waals surface area contributed by atoms with Crippen molar-refractivity contribution in [3.05, 3.63) is 54.1 Å². The van der Waals surface area contributed by atoms with E-state index in [1.54, 1.807) is 24.9 Å². The summed E-state index contributed by atoms with van der Waals surface area (Å²) in [6.45, 7) is 15.2. The van der Waals surface area contributed by atoms with Gasteiger partial charge in [-0.2, -0.15) is 0 Å². The van der Waals surface area contributed by atoms with Crippen molar-refractivity contribution < 1.29 is 19.2 Å². The molecular weight excluding hydrogens is 578 g/mol. The molecule has 9 heteroatoms. The molecule has 4 rings (SSSR count). The van der Waals surface area contributed by atoms with Gasteiger partial charge in [0.15, 0.2) is 0 Å². The molecule has 9 nitrogen and oxygen atoms in total. The molecule has 2 heterocycles.